The molecular weight excluding hydrogens is 575 g/mol. The lowest BCUT2D eigenvalue weighted by atomic mass is 10.0. The van der Waals surface area contributed by atoms with E-state index in [9.17, 15) is 13.6 Å². The van der Waals surface area contributed by atoms with Crippen molar-refractivity contribution in [2.45, 2.75) is 19.3 Å². The summed E-state index contributed by atoms with van der Waals surface area (Å²) < 4.78 is 32.5. The average molecular weight is 596 g/mol. The highest BCUT2D eigenvalue weighted by Gasteiger charge is 2.28. The molecule has 0 bridgehead atoms. The number of hydrogen-bond donors (Lipinski definition) is 2. The van der Waals surface area contributed by atoms with Crippen LogP contribution >= 0.6 is 46.5 Å². The SMILES string of the molecule is CC(CNC(=O)c1c(Cl)cccc1N(c1nsnc1Cc1ccccc1)S(=O)O)c1ccc(Cl)c(Cl)c1. The molecule has 37 heavy (non-hydrogen) atoms. The molecule has 0 saturated heterocycles. The van der Waals surface area contributed by atoms with Crippen molar-refractivity contribution in [3.8, 4) is 0 Å². The summed E-state index contributed by atoms with van der Waals surface area (Å²) in [7, 11) is 0. The molecule has 0 spiro atoms. The zero-order valence-electron chi connectivity index (χ0n) is 19.4. The Morgan fingerprint density at radius 3 is 2.49 bits per heavy atom. The normalized spacial score (nSPS) is 12.7. The van der Waals surface area contributed by atoms with Gasteiger partial charge in [0, 0.05) is 13.0 Å². The van der Waals surface area contributed by atoms with Crippen molar-refractivity contribution in [2.24, 2.45) is 0 Å². The fourth-order valence-corrected chi connectivity index (χ4v) is 5.48. The van der Waals surface area contributed by atoms with Gasteiger partial charge < -0.3 is 5.32 Å². The van der Waals surface area contributed by atoms with Gasteiger partial charge in [-0.3, -0.25) is 9.35 Å². The average Bonchev–Trinajstić information content (AvgIpc) is 3.32. The maximum Gasteiger partial charge on any atom is 0.268 e. The Balaban J connectivity index is 1.62. The smallest absolute Gasteiger partial charge is 0.268 e. The summed E-state index contributed by atoms with van der Waals surface area (Å²) in [6.07, 6.45) is 0.392. The number of hydrogen-bond acceptors (Lipinski definition) is 5. The van der Waals surface area contributed by atoms with Crippen LogP contribution in [0.1, 0.15) is 40.0 Å². The van der Waals surface area contributed by atoms with Crippen LogP contribution in [0.15, 0.2) is 66.7 Å². The zero-order valence-corrected chi connectivity index (χ0v) is 23.3. The van der Waals surface area contributed by atoms with Crippen LogP contribution in [0.4, 0.5) is 11.5 Å². The third kappa shape index (κ3) is 6.49. The molecule has 1 amide bonds. The second-order valence-electron chi connectivity index (χ2n) is 8.14. The van der Waals surface area contributed by atoms with Crippen LogP contribution in [-0.4, -0.2) is 30.0 Å². The lowest BCUT2D eigenvalue weighted by Gasteiger charge is -2.22. The highest BCUT2D eigenvalue weighted by Crippen LogP contribution is 2.35. The van der Waals surface area contributed by atoms with Gasteiger partial charge >= 0.3 is 0 Å². The largest absolute Gasteiger partial charge is 0.351 e. The van der Waals surface area contributed by atoms with Gasteiger partial charge in [-0.05, 0) is 41.3 Å². The van der Waals surface area contributed by atoms with E-state index in [1.165, 1.54) is 0 Å². The van der Waals surface area contributed by atoms with Crippen LogP contribution in [0.25, 0.3) is 0 Å². The molecule has 2 N–H and O–H groups in total. The summed E-state index contributed by atoms with van der Waals surface area (Å²) in [6, 6.07) is 19.5. The van der Waals surface area contributed by atoms with E-state index in [2.05, 4.69) is 14.1 Å². The second-order valence-corrected chi connectivity index (χ2v) is 10.7. The van der Waals surface area contributed by atoms with E-state index in [0.717, 1.165) is 27.2 Å². The molecule has 12 heteroatoms. The molecule has 3 aromatic carbocycles. The maximum atomic E-state index is 13.3. The molecule has 2 unspecified atom stereocenters. The highest BCUT2D eigenvalue weighted by molar-refractivity contribution is 7.81. The van der Waals surface area contributed by atoms with E-state index in [1.54, 1.807) is 30.3 Å². The quantitative estimate of drug-likeness (QED) is 0.205. The number of anilines is 2. The van der Waals surface area contributed by atoms with Gasteiger partial charge in [0.2, 0.25) is 0 Å². The van der Waals surface area contributed by atoms with Gasteiger partial charge in [0.25, 0.3) is 17.2 Å². The van der Waals surface area contributed by atoms with Crippen molar-refractivity contribution in [1.29, 1.82) is 0 Å². The Hall–Kier alpha value is -2.53. The predicted molar refractivity (Wildman–Crippen MR) is 151 cm³/mol. The minimum absolute atomic E-state index is 0.0477. The monoisotopic (exact) mass is 594 g/mol. The molecule has 0 radical (unpaired) electrons. The van der Waals surface area contributed by atoms with Crippen LogP contribution in [0.5, 0.6) is 0 Å². The summed E-state index contributed by atoms with van der Waals surface area (Å²) in [5.74, 6) is -0.418. The first-order chi connectivity index (χ1) is 17.8. The fraction of sp³-hybridized carbons (Fsp3) is 0.160. The van der Waals surface area contributed by atoms with E-state index in [0.29, 0.717) is 22.2 Å². The molecule has 1 heterocycles. The van der Waals surface area contributed by atoms with Crippen LogP contribution in [0, 0.1) is 0 Å². The number of benzene rings is 3. The van der Waals surface area contributed by atoms with Gasteiger partial charge in [-0.1, -0.05) is 84.2 Å². The van der Waals surface area contributed by atoms with Gasteiger partial charge in [-0.25, -0.2) is 8.51 Å². The van der Waals surface area contributed by atoms with E-state index in [-0.39, 0.29) is 34.6 Å². The summed E-state index contributed by atoms with van der Waals surface area (Å²) in [5, 5.41) is 3.86. The molecule has 2 atom stereocenters. The first-order valence-corrected chi connectivity index (χ1v) is 14.0. The van der Waals surface area contributed by atoms with E-state index >= 15 is 0 Å². The Bertz CT molecular complexity index is 1440. The molecule has 7 nitrogen and oxygen atoms in total. The first kappa shape index (κ1) is 27.5. The lowest BCUT2D eigenvalue weighted by Crippen LogP contribution is -2.30. The van der Waals surface area contributed by atoms with Crippen LogP contribution in [0.3, 0.4) is 0 Å². The van der Waals surface area contributed by atoms with Gasteiger partial charge in [0.1, 0.15) is 5.69 Å². The number of halogens is 3. The Morgan fingerprint density at radius 2 is 1.78 bits per heavy atom. The number of aromatic nitrogens is 2. The molecule has 4 aromatic rings. The van der Waals surface area contributed by atoms with Crippen molar-refractivity contribution in [1.82, 2.24) is 14.1 Å². The maximum absolute atomic E-state index is 13.3. The number of carbonyl (C=O) groups is 1. The molecule has 0 aliphatic carbocycles. The van der Waals surface area contributed by atoms with Gasteiger partial charge in [0.05, 0.1) is 38.0 Å². The second kappa shape index (κ2) is 12.3. The number of nitrogens with zero attached hydrogens (tertiary/aromatic N) is 3. The molecule has 4 rings (SSSR count). The number of amides is 1. The van der Waals surface area contributed by atoms with Crippen LogP contribution in [-0.2, 0) is 17.7 Å². The van der Waals surface area contributed by atoms with Crippen LogP contribution < -0.4 is 9.62 Å². The minimum Gasteiger partial charge on any atom is -0.351 e. The van der Waals surface area contributed by atoms with Gasteiger partial charge in [-0.15, -0.1) is 0 Å². The van der Waals surface area contributed by atoms with Crippen molar-refractivity contribution >= 4 is 75.2 Å². The fourth-order valence-electron chi connectivity index (χ4n) is 3.71. The standard InChI is InChI=1S/C25H21Cl3N4O3S2/c1-15(17-10-11-18(26)20(28)13-17)14-29-25(33)23-19(27)8-5-9-22(23)32(37(34)35)24-21(30-36-31-24)12-16-6-3-2-4-7-16/h2-11,13,15H,12,14H2,1H3,(H,29,33)(H,34,35). The number of rotatable bonds is 9. The third-order valence-electron chi connectivity index (χ3n) is 5.62. The predicted octanol–water partition coefficient (Wildman–Crippen LogP) is 6.90. The summed E-state index contributed by atoms with van der Waals surface area (Å²) >= 11 is 16.9. The Labute approximate surface area is 236 Å². The summed E-state index contributed by atoms with van der Waals surface area (Å²) in [5.41, 5.74) is 2.53. The Morgan fingerprint density at radius 1 is 1.03 bits per heavy atom. The summed E-state index contributed by atoms with van der Waals surface area (Å²) in [6.45, 7) is 2.19. The van der Waals surface area contributed by atoms with Crippen LogP contribution in [0.2, 0.25) is 15.1 Å². The van der Waals surface area contributed by atoms with Crippen molar-refractivity contribution in [3.63, 3.8) is 0 Å². The summed E-state index contributed by atoms with van der Waals surface area (Å²) in [4.78, 5) is 13.3. The molecule has 0 aliphatic rings. The van der Waals surface area contributed by atoms with Crippen molar-refractivity contribution < 1.29 is 13.6 Å². The third-order valence-corrected chi connectivity index (χ3v) is 7.91. The lowest BCUT2D eigenvalue weighted by molar-refractivity contribution is 0.0952. The molecule has 0 fully saturated rings. The van der Waals surface area contributed by atoms with E-state index < -0.39 is 17.2 Å². The molecule has 0 aliphatic heterocycles. The minimum atomic E-state index is -2.56. The van der Waals surface area contributed by atoms with Crippen molar-refractivity contribution in [2.75, 3.05) is 10.8 Å². The molecule has 0 saturated carbocycles. The molecule has 1 aromatic heterocycles. The molecule has 192 valence electrons. The van der Waals surface area contributed by atoms with Gasteiger partial charge in [-0.2, -0.15) is 8.75 Å². The molecular formula is C25H21Cl3N4O3S2. The van der Waals surface area contributed by atoms with Crippen molar-refractivity contribution in [3.05, 3.63) is 104 Å². The van der Waals surface area contributed by atoms with E-state index in [4.69, 9.17) is 34.8 Å². The first-order valence-electron chi connectivity index (χ1n) is 11.0. The topological polar surface area (TPSA) is 95.4 Å². The number of carbonyl (C=O) groups excluding carboxylic acids is 1. The Kier molecular flexibility index (Phi) is 9.17. The van der Waals surface area contributed by atoms with Gasteiger partial charge in [0.15, 0.2) is 5.82 Å². The number of nitrogens with one attached hydrogen (secondary N) is 1. The van der Waals surface area contributed by atoms with E-state index in [1.807, 2.05) is 43.3 Å². The highest BCUT2D eigenvalue weighted by atomic mass is 35.5. The zero-order chi connectivity index (χ0) is 26.5.